The Kier molecular flexibility index (Phi) is 9.24. The van der Waals surface area contributed by atoms with Crippen molar-refractivity contribution in [3.63, 3.8) is 0 Å². The Morgan fingerprint density at radius 3 is 2.64 bits per heavy atom. The molecule has 1 aromatic rings. The largest absolute Gasteiger partial charge is 0.624 e. The van der Waals surface area contributed by atoms with E-state index >= 15 is 0 Å². The van der Waals surface area contributed by atoms with Gasteiger partial charge in [0.25, 0.3) is 0 Å². The standard InChI is InChI=1S/C19H29NO2/c1-17(2)8-7-9-18(3)12-14-22-15-13-20(21)16-19-10-5-4-6-11-19/h4-6,8,10-11,13,18H,7,9,12,14-16H2,1-3H3/b20-13-. The molecule has 1 unspecified atom stereocenters. The summed E-state index contributed by atoms with van der Waals surface area (Å²) in [4.78, 5) is 0. The molecule has 0 heterocycles. The van der Waals surface area contributed by atoms with Crippen LogP contribution >= 0.6 is 0 Å². The predicted octanol–water partition coefficient (Wildman–Crippen LogP) is 4.56. The topological polar surface area (TPSA) is 35.3 Å². The lowest BCUT2D eigenvalue weighted by atomic mass is 10.0. The molecule has 0 radical (unpaired) electrons. The van der Waals surface area contributed by atoms with Crippen LogP contribution in [-0.4, -0.2) is 24.2 Å². The first kappa shape index (κ1) is 18.4. The fourth-order valence-electron chi connectivity index (χ4n) is 2.13. The van der Waals surface area contributed by atoms with E-state index in [0.29, 0.717) is 25.7 Å². The second-order valence-electron chi connectivity index (χ2n) is 6.07. The van der Waals surface area contributed by atoms with Gasteiger partial charge in [-0.3, -0.25) is 0 Å². The highest BCUT2D eigenvalue weighted by Gasteiger charge is 2.01. The van der Waals surface area contributed by atoms with E-state index in [4.69, 9.17) is 4.74 Å². The highest BCUT2D eigenvalue weighted by atomic mass is 16.5. The number of hydrogen-bond acceptors (Lipinski definition) is 2. The number of allylic oxidation sites excluding steroid dienone is 2. The highest BCUT2D eigenvalue weighted by molar-refractivity contribution is 5.52. The van der Waals surface area contributed by atoms with Crippen molar-refractivity contribution in [2.75, 3.05) is 13.2 Å². The fourth-order valence-corrected chi connectivity index (χ4v) is 2.13. The number of hydroxylamine groups is 1. The van der Waals surface area contributed by atoms with Crippen molar-refractivity contribution in [3.05, 3.63) is 52.8 Å². The summed E-state index contributed by atoms with van der Waals surface area (Å²) < 4.78 is 6.47. The molecule has 1 atom stereocenters. The van der Waals surface area contributed by atoms with Crippen LogP contribution in [0.2, 0.25) is 0 Å². The molecule has 1 rings (SSSR count). The third-order valence-electron chi connectivity index (χ3n) is 3.54. The van der Waals surface area contributed by atoms with Crippen molar-refractivity contribution in [2.45, 2.75) is 46.6 Å². The van der Waals surface area contributed by atoms with Gasteiger partial charge in [0.15, 0.2) is 12.8 Å². The van der Waals surface area contributed by atoms with Crippen LogP contribution < -0.4 is 0 Å². The summed E-state index contributed by atoms with van der Waals surface area (Å²) in [6.45, 7) is 7.99. The molecule has 0 N–H and O–H groups in total. The van der Waals surface area contributed by atoms with Crippen molar-refractivity contribution >= 4 is 6.21 Å². The summed E-state index contributed by atoms with van der Waals surface area (Å²) in [5.74, 6) is 0.656. The van der Waals surface area contributed by atoms with Gasteiger partial charge < -0.3 is 9.94 Å². The van der Waals surface area contributed by atoms with Crippen LogP contribution in [-0.2, 0) is 11.3 Å². The zero-order valence-electron chi connectivity index (χ0n) is 14.1. The van der Waals surface area contributed by atoms with Gasteiger partial charge in [-0.1, -0.05) is 48.9 Å². The van der Waals surface area contributed by atoms with Crippen molar-refractivity contribution in [1.82, 2.24) is 0 Å². The first-order valence-electron chi connectivity index (χ1n) is 8.10. The van der Waals surface area contributed by atoms with E-state index in [1.165, 1.54) is 12.0 Å². The van der Waals surface area contributed by atoms with Gasteiger partial charge in [0.05, 0.1) is 0 Å². The molecule has 0 aliphatic heterocycles. The van der Waals surface area contributed by atoms with Gasteiger partial charge in [0, 0.05) is 12.2 Å². The van der Waals surface area contributed by atoms with E-state index in [9.17, 15) is 5.21 Å². The Bertz CT molecular complexity index is 462. The second kappa shape index (κ2) is 11.0. The summed E-state index contributed by atoms with van der Waals surface area (Å²) in [5.41, 5.74) is 2.40. The zero-order chi connectivity index (χ0) is 16.2. The molecule has 0 aromatic heterocycles. The Hall–Kier alpha value is -1.61. The number of nitrogens with zero attached hydrogens (tertiary/aromatic N) is 1. The van der Waals surface area contributed by atoms with Crippen LogP contribution in [0, 0.1) is 11.1 Å². The number of benzene rings is 1. The van der Waals surface area contributed by atoms with Gasteiger partial charge in [0.2, 0.25) is 0 Å². The van der Waals surface area contributed by atoms with Crippen molar-refractivity contribution in [2.24, 2.45) is 5.92 Å². The van der Waals surface area contributed by atoms with E-state index in [1.54, 1.807) is 6.21 Å². The average molecular weight is 303 g/mol. The summed E-state index contributed by atoms with van der Waals surface area (Å²) >= 11 is 0. The van der Waals surface area contributed by atoms with Crippen molar-refractivity contribution < 1.29 is 9.48 Å². The normalized spacial score (nSPS) is 13.0. The number of ether oxygens (including phenoxy) is 1. The van der Waals surface area contributed by atoms with E-state index in [0.717, 1.165) is 23.1 Å². The summed E-state index contributed by atoms with van der Waals surface area (Å²) in [6, 6.07) is 9.73. The molecule has 0 aliphatic carbocycles. The minimum atomic E-state index is 0.378. The fraction of sp³-hybridized carbons (Fsp3) is 0.526. The minimum Gasteiger partial charge on any atom is -0.624 e. The summed E-state index contributed by atoms with van der Waals surface area (Å²) in [7, 11) is 0. The molecule has 3 heteroatoms. The lowest BCUT2D eigenvalue weighted by molar-refractivity contribution is -0.471. The first-order chi connectivity index (χ1) is 10.6. The Morgan fingerprint density at radius 1 is 1.23 bits per heavy atom. The molecule has 0 spiro atoms. The van der Waals surface area contributed by atoms with E-state index in [-0.39, 0.29) is 0 Å². The maximum absolute atomic E-state index is 11.7. The zero-order valence-corrected chi connectivity index (χ0v) is 14.1. The van der Waals surface area contributed by atoms with Gasteiger partial charge in [0.1, 0.15) is 6.61 Å². The van der Waals surface area contributed by atoms with Crippen molar-refractivity contribution in [3.8, 4) is 0 Å². The van der Waals surface area contributed by atoms with Gasteiger partial charge in [-0.05, 0) is 39.0 Å². The van der Waals surface area contributed by atoms with Crippen LogP contribution in [0.5, 0.6) is 0 Å². The molecule has 0 fully saturated rings. The molecule has 122 valence electrons. The van der Waals surface area contributed by atoms with Gasteiger partial charge in [-0.25, -0.2) is 4.74 Å². The van der Waals surface area contributed by atoms with Gasteiger partial charge >= 0.3 is 0 Å². The van der Waals surface area contributed by atoms with E-state index < -0.39 is 0 Å². The van der Waals surface area contributed by atoms with Gasteiger partial charge in [-0.15, -0.1) is 0 Å². The van der Waals surface area contributed by atoms with E-state index in [1.807, 2.05) is 30.3 Å². The molecule has 0 saturated carbocycles. The predicted molar refractivity (Wildman–Crippen MR) is 93.1 cm³/mol. The monoisotopic (exact) mass is 303 g/mol. The molecule has 0 aliphatic rings. The van der Waals surface area contributed by atoms with Crippen molar-refractivity contribution in [1.29, 1.82) is 0 Å². The van der Waals surface area contributed by atoms with Crippen LogP contribution in [0.15, 0.2) is 42.0 Å². The average Bonchev–Trinajstić information content (AvgIpc) is 2.47. The molecular formula is C19H29NO2. The smallest absolute Gasteiger partial charge is 0.178 e. The minimum absolute atomic E-state index is 0.378. The van der Waals surface area contributed by atoms with E-state index in [2.05, 4.69) is 26.8 Å². The summed E-state index contributed by atoms with van der Waals surface area (Å²) in [6.07, 6.45) is 7.23. The second-order valence-corrected chi connectivity index (χ2v) is 6.07. The van der Waals surface area contributed by atoms with Gasteiger partial charge in [-0.2, -0.15) is 0 Å². The molecule has 0 saturated heterocycles. The molecule has 0 amide bonds. The SMILES string of the molecule is CC(C)=CCCC(C)CCOC/C=[N+](\[O-])Cc1ccccc1. The van der Waals surface area contributed by atoms with Crippen LogP contribution in [0.4, 0.5) is 0 Å². The highest BCUT2D eigenvalue weighted by Crippen LogP contribution is 2.11. The molecule has 0 bridgehead atoms. The lowest BCUT2D eigenvalue weighted by Gasteiger charge is -2.09. The molecule has 3 nitrogen and oxygen atoms in total. The molecule has 1 aromatic carbocycles. The Balaban J connectivity index is 2.11. The Labute approximate surface area is 134 Å². The number of rotatable bonds is 10. The first-order valence-corrected chi connectivity index (χ1v) is 8.10. The number of hydrogen-bond donors (Lipinski definition) is 0. The van der Waals surface area contributed by atoms with Crippen LogP contribution in [0.3, 0.4) is 0 Å². The third-order valence-corrected chi connectivity index (χ3v) is 3.54. The lowest BCUT2D eigenvalue weighted by Crippen LogP contribution is -2.10. The maximum Gasteiger partial charge on any atom is 0.178 e. The van der Waals surface area contributed by atoms with Crippen LogP contribution in [0.25, 0.3) is 0 Å². The van der Waals surface area contributed by atoms with Crippen LogP contribution in [0.1, 0.15) is 45.6 Å². The Morgan fingerprint density at radius 2 is 1.95 bits per heavy atom. The molecular weight excluding hydrogens is 274 g/mol. The maximum atomic E-state index is 11.7. The molecule has 22 heavy (non-hydrogen) atoms. The quantitative estimate of drug-likeness (QED) is 0.159. The third kappa shape index (κ3) is 9.35. The summed E-state index contributed by atoms with van der Waals surface area (Å²) in [5, 5.41) is 11.7.